The van der Waals surface area contributed by atoms with Crippen molar-refractivity contribution in [3.8, 4) is 0 Å². The lowest BCUT2D eigenvalue weighted by molar-refractivity contribution is -0.130. The van der Waals surface area contributed by atoms with Gasteiger partial charge in [0, 0.05) is 37.8 Å². The van der Waals surface area contributed by atoms with E-state index in [9.17, 15) is 4.79 Å². The molecule has 0 N–H and O–H groups in total. The van der Waals surface area contributed by atoms with Gasteiger partial charge in [-0.05, 0) is 31.4 Å². The molecule has 20 heavy (non-hydrogen) atoms. The van der Waals surface area contributed by atoms with Gasteiger partial charge in [0.05, 0.1) is 0 Å². The molecule has 3 heteroatoms. The van der Waals surface area contributed by atoms with Gasteiger partial charge in [-0.15, -0.1) is 0 Å². The summed E-state index contributed by atoms with van der Waals surface area (Å²) in [6.07, 6.45) is 2.58. The van der Waals surface area contributed by atoms with Gasteiger partial charge in [0.2, 0.25) is 5.91 Å². The zero-order valence-corrected chi connectivity index (χ0v) is 12.3. The molecule has 0 aliphatic carbocycles. The van der Waals surface area contributed by atoms with E-state index in [1.807, 2.05) is 37.1 Å². The second kappa shape index (κ2) is 6.42. The van der Waals surface area contributed by atoms with Crippen LogP contribution in [0.3, 0.4) is 0 Å². The molecule has 1 aromatic heterocycles. The van der Waals surface area contributed by atoms with Crippen LogP contribution in [0.15, 0.2) is 48.7 Å². The Balaban J connectivity index is 2.01. The van der Waals surface area contributed by atoms with Gasteiger partial charge in [0.1, 0.15) is 0 Å². The summed E-state index contributed by atoms with van der Waals surface area (Å²) in [6.45, 7) is 9.95. The number of aromatic nitrogens is 1. The fraction of sp³-hybridized carbons (Fsp3) is 0.353. The summed E-state index contributed by atoms with van der Waals surface area (Å²) in [4.78, 5) is 14.1. The molecule has 3 nitrogen and oxygen atoms in total. The number of carbonyl (C=O) groups excluding carboxylic acids is 1. The number of hydrogen-bond acceptors (Lipinski definition) is 1. The van der Waals surface area contributed by atoms with Gasteiger partial charge in [-0.25, -0.2) is 0 Å². The van der Waals surface area contributed by atoms with E-state index >= 15 is 0 Å². The number of likely N-dealkylation sites (N-methyl/N-ethyl adjacent to an activating group) is 1. The molecule has 0 bridgehead atoms. The zero-order valence-electron chi connectivity index (χ0n) is 12.3. The second-order valence-electron chi connectivity index (χ2n) is 5.18. The van der Waals surface area contributed by atoms with E-state index in [0.717, 1.165) is 18.7 Å². The molecule has 0 spiro atoms. The number of carbonyl (C=O) groups is 1. The number of amides is 1. The lowest BCUT2D eigenvalue weighted by Crippen LogP contribution is -2.32. The molecule has 2 rings (SSSR count). The second-order valence-corrected chi connectivity index (χ2v) is 5.18. The molecule has 106 valence electrons. The predicted molar refractivity (Wildman–Crippen MR) is 83.6 cm³/mol. The normalized spacial score (nSPS) is 10.7. The molecule has 0 unspecified atom stereocenters. The summed E-state index contributed by atoms with van der Waals surface area (Å²) in [5.41, 5.74) is 2.20. The fourth-order valence-electron chi connectivity index (χ4n) is 2.41. The van der Waals surface area contributed by atoms with Crippen LogP contribution in [-0.4, -0.2) is 28.5 Å². The Morgan fingerprint density at radius 2 is 2.05 bits per heavy atom. The Bertz CT molecular complexity index is 612. The Labute approximate surface area is 120 Å². The smallest absolute Gasteiger partial charge is 0.224 e. The maximum Gasteiger partial charge on any atom is 0.224 e. The highest BCUT2D eigenvalue weighted by Gasteiger charge is 2.11. The highest BCUT2D eigenvalue weighted by atomic mass is 16.2. The molecule has 1 aromatic carbocycles. The van der Waals surface area contributed by atoms with E-state index < -0.39 is 0 Å². The Morgan fingerprint density at radius 3 is 2.75 bits per heavy atom. The van der Waals surface area contributed by atoms with Crippen molar-refractivity contribution in [2.45, 2.75) is 26.8 Å². The molecule has 0 atom stereocenters. The number of fused-ring (bicyclic) bond motifs is 1. The molecule has 2 aromatic rings. The lowest BCUT2D eigenvalue weighted by atomic mass is 10.2. The third kappa shape index (κ3) is 3.29. The van der Waals surface area contributed by atoms with Crippen LogP contribution in [0.4, 0.5) is 0 Å². The summed E-state index contributed by atoms with van der Waals surface area (Å²) in [6, 6.07) is 10.3. The number of nitrogens with zero attached hydrogens (tertiary/aromatic N) is 2. The minimum absolute atomic E-state index is 0.188. The maximum atomic E-state index is 12.2. The topological polar surface area (TPSA) is 25.2 Å². The lowest BCUT2D eigenvalue weighted by Gasteiger charge is -2.21. The molecule has 0 fully saturated rings. The van der Waals surface area contributed by atoms with Gasteiger partial charge in [0.15, 0.2) is 0 Å². The van der Waals surface area contributed by atoms with Gasteiger partial charge in [0.25, 0.3) is 0 Å². The summed E-state index contributed by atoms with van der Waals surface area (Å²) in [7, 11) is 0. The molecule has 0 saturated heterocycles. The largest absolute Gasteiger partial charge is 0.347 e. The van der Waals surface area contributed by atoms with Crippen LogP contribution < -0.4 is 0 Å². The number of hydrogen-bond donors (Lipinski definition) is 0. The Kier molecular flexibility index (Phi) is 4.61. The minimum atomic E-state index is 0.188. The van der Waals surface area contributed by atoms with Gasteiger partial charge in [-0.2, -0.15) is 0 Å². The van der Waals surface area contributed by atoms with E-state index in [1.54, 1.807) is 0 Å². The van der Waals surface area contributed by atoms with Crippen LogP contribution in [-0.2, 0) is 11.3 Å². The van der Waals surface area contributed by atoms with E-state index in [0.29, 0.717) is 13.0 Å². The fourth-order valence-corrected chi connectivity index (χ4v) is 2.41. The van der Waals surface area contributed by atoms with Gasteiger partial charge in [-0.1, -0.05) is 30.4 Å². The molecule has 1 heterocycles. The molecule has 0 aliphatic heterocycles. The summed E-state index contributed by atoms with van der Waals surface area (Å²) < 4.78 is 2.14. The first-order valence-electron chi connectivity index (χ1n) is 7.08. The quantitative estimate of drug-likeness (QED) is 0.738. The third-order valence-corrected chi connectivity index (χ3v) is 3.44. The first-order chi connectivity index (χ1) is 9.61. The monoisotopic (exact) mass is 270 g/mol. The van der Waals surface area contributed by atoms with Crippen molar-refractivity contribution >= 4 is 16.8 Å². The van der Waals surface area contributed by atoms with Crippen molar-refractivity contribution in [1.82, 2.24) is 9.47 Å². The first kappa shape index (κ1) is 14.4. The third-order valence-electron chi connectivity index (χ3n) is 3.44. The van der Waals surface area contributed by atoms with Crippen LogP contribution in [0, 0.1) is 0 Å². The van der Waals surface area contributed by atoms with Crippen molar-refractivity contribution in [1.29, 1.82) is 0 Å². The summed E-state index contributed by atoms with van der Waals surface area (Å²) >= 11 is 0. The van der Waals surface area contributed by atoms with Crippen LogP contribution in [0.25, 0.3) is 10.9 Å². The molecular formula is C17H22N2O. The summed E-state index contributed by atoms with van der Waals surface area (Å²) in [5.74, 6) is 0.188. The Hall–Kier alpha value is -2.03. The molecule has 0 radical (unpaired) electrons. The molecule has 1 amide bonds. The van der Waals surface area contributed by atoms with Crippen LogP contribution >= 0.6 is 0 Å². The average Bonchev–Trinajstić information content (AvgIpc) is 2.85. The average molecular weight is 270 g/mol. The minimum Gasteiger partial charge on any atom is -0.347 e. The van der Waals surface area contributed by atoms with E-state index in [4.69, 9.17) is 0 Å². The van der Waals surface area contributed by atoms with Crippen LogP contribution in [0.2, 0.25) is 0 Å². The van der Waals surface area contributed by atoms with Crippen molar-refractivity contribution in [2.24, 2.45) is 0 Å². The zero-order chi connectivity index (χ0) is 14.5. The highest BCUT2D eigenvalue weighted by molar-refractivity contribution is 5.80. The first-order valence-corrected chi connectivity index (χ1v) is 7.08. The number of rotatable bonds is 6. The van der Waals surface area contributed by atoms with Crippen molar-refractivity contribution in [3.05, 3.63) is 48.7 Å². The van der Waals surface area contributed by atoms with E-state index in [2.05, 4.69) is 29.3 Å². The molecule has 0 saturated carbocycles. The van der Waals surface area contributed by atoms with Gasteiger partial charge < -0.3 is 9.47 Å². The van der Waals surface area contributed by atoms with Crippen LogP contribution in [0.1, 0.15) is 20.3 Å². The number of para-hydroxylation sites is 1. The molecular weight excluding hydrogens is 248 g/mol. The van der Waals surface area contributed by atoms with Crippen LogP contribution in [0.5, 0.6) is 0 Å². The molecule has 0 aliphatic rings. The summed E-state index contributed by atoms with van der Waals surface area (Å²) in [5, 5.41) is 1.22. The van der Waals surface area contributed by atoms with Crippen molar-refractivity contribution in [2.75, 3.05) is 13.1 Å². The number of benzene rings is 1. The Morgan fingerprint density at radius 1 is 1.30 bits per heavy atom. The van der Waals surface area contributed by atoms with E-state index in [1.165, 1.54) is 10.9 Å². The number of aryl methyl sites for hydroxylation is 1. The standard InChI is InChI=1S/C17H22N2O/c1-4-18(13-14(2)3)17(20)10-12-19-11-9-15-7-5-6-8-16(15)19/h5-9,11H,2,4,10,12-13H2,1,3H3. The van der Waals surface area contributed by atoms with Gasteiger partial charge in [-0.3, -0.25) is 4.79 Å². The maximum absolute atomic E-state index is 12.2. The predicted octanol–water partition coefficient (Wildman–Crippen LogP) is 3.46. The van der Waals surface area contributed by atoms with Crippen molar-refractivity contribution < 1.29 is 4.79 Å². The highest BCUT2D eigenvalue weighted by Crippen LogP contribution is 2.15. The van der Waals surface area contributed by atoms with Crippen molar-refractivity contribution in [3.63, 3.8) is 0 Å². The van der Waals surface area contributed by atoms with Gasteiger partial charge >= 0.3 is 0 Å². The SMILES string of the molecule is C=C(C)CN(CC)C(=O)CCn1ccc2ccccc21. The van der Waals surface area contributed by atoms with E-state index in [-0.39, 0.29) is 5.91 Å².